The van der Waals surface area contributed by atoms with Crippen LogP contribution >= 0.6 is 0 Å². The summed E-state index contributed by atoms with van der Waals surface area (Å²) in [6.07, 6.45) is 0. The Labute approximate surface area is 81.9 Å². The minimum absolute atomic E-state index is 0.347. The molecule has 0 spiro atoms. The monoisotopic (exact) mass is 193 g/mol. The molecule has 4 heteroatoms. The first-order valence-corrected chi connectivity index (χ1v) is 4.15. The van der Waals surface area contributed by atoms with Crippen LogP contribution in [0.2, 0.25) is 0 Å². The van der Waals surface area contributed by atoms with E-state index < -0.39 is 5.91 Å². The molecule has 0 unspecified atom stereocenters. The van der Waals surface area contributed by atoms with Gasteiger partial charge < -0.3 is 4.74 Å². The third-order valence-electron chi connectivity index (χ3n) is 1.92. The Morgan fingerprint density at radius 3 is 2.71 bits per heavy atom. The van der Waals surface area contributed by atoms with Gasteiger partial charge in [0.1, 0.15) is 0 Å². The minimum atomic E-state index is -0.730. The number of rotatable bonds is 3. The standard InChI is InChI=1S/C10H11NO3/c1-7-5-8(6-14-2)3-4-9(7)10(12)11-13/h3-5H,6H2,1-2H3. The van der Waals surface area contributed by atoms with E-state index in [0.717, 1.165) is 11.1 Å². The van der Waals surface area contributed by atoms with Crippen LogP contribution in [0.4, 0.5) is 0 Å². The molecule has 0 saturated carbocycles. The summed E-state index contributed by atoms with van der Waals surface area (Å²) >= 11 is 0. The molecule has 14 heavy (non-hydrogen) atoms. The zero-order valence-corrected chi connectivity index (χ0v) is 8.11. The lowest BCUT2D eigenvalue weighted by Crippen LogP contribution is -1.98. The van der Waals surface area contributed by atoms with Crippen molar-refractivity contribution in [2.45, 2.75) is 13.5 Å². The van der Waals surface area contributed by atoms with Crippen molar-refractivity contribution in [1.29, 1.82) is 0 Å². The third-order valence-corrected chi connectivity index (χ3v) is 1.92. The van der Waals surface area contributed by atoms with E-state index in [-0.39, 0.29) is 0 Å². The summed E-state index contributed by atoms with van der Waals surface area (Å²) in [7, 11) is 1.60. The molecule has 0 N–H and O–H groups in total. The Hall–Kier alpha value is -1.55. The number of nitroso groups, excluding NO2 is 1. The molecule has 0 fully saturated rings. The Morgan fingerprint density at radius 1 is 1.50 bits per heavy atom. The van der Waals surface area contributed by atoms with Gasteiger partial charge >= 0.3 is 5.91 Å². The highest BCUT2D eigenvalue weighted by molar-refractivity contribution is 5.96. The minimum Gasteiger partial charge on any atom is -0.380 e. The van der Waals surface area contributed by atoms with E-state index in [1.807, 2.05) is 6.07 Å². The van der Waals surface area contributed by atoms with Crippen LogP contribution in [0.25, 0.3) is 0 Å². The largest absolute Gasteiger partial charge is 0.380 e. The number of hydrogen-bond donors (Lipinski definition) is 0. The number of nitrogens with zero attached hydrogens (tertiary/aromatic N) is 1. The lowest BCUT2D eigenvalue weighted by molar-refractivity contribution is 0.1000. The van der Waals surface area contributed by atoms with Gasteiger partial charge in [0.15, 0.2) is 0 Å². The van der Waals surface area contributed by atoms with Crippen LogP contribution < -0.4 is 0 Å². The highest BCUT2D eigenvalue weighted by Gasteiger charge is 2.08. The number of ether oxygens (including phenoxy) is 1. The predicted molar refractivity (Wildman–Crippen MR) is 52.0 cm³/mol. The van der Waals surface area contributed by atoms with Gasteiger partial charge in [0, 0.05) is 17.9 Å². The number of carbonyl (C=O) groups excluding carboxylic acids is 1. The van der Waals surface area contributed by atoms with Crippen molar-refractivity contribution in [2.75, 3.05) is 7.11 Å². The predicted octanol–water partition coefficient (Wildman–Crippen LogP) is 2.05. The highest BCUT2D eigenvalue weighted by atomic mass is 16.5. The van der Waals surface area contributed by atoms with E-state index in [0.29, 0.717) is 12.2 Å². The molecular weight excluding hydrogens is 182 g/mol. The van der Waals surface area contributed by atoms with Gasteiger partial charge in [0.2, 0.25) is 0 Å². The van der Waals surface area contributed by atoms with Crippen molar-refractivity contribution in [1.82, 2.24) is 0 Å². The molecule has 0 aliphatic heterocycles. The topological polar surface area (TPSA) is 55.7 Å². The summed E-state index contributed by atoms with van der Waals surface area (Å²) in [6, 6.07) is 5.14. The summed E-state index contributed by atoms with van der Waals surface area (Å²) in [5, 5.41) is 2.38. The van der Waals surface area contributed by atoms with Crippen LogP contribution in [-0.4, -0.2) is 13.0 Å². The van der Waals surface area contributed by atoms with E-state index >= 15 is 0 Å². The van der Waals surface area contributed by atoms with Gasteiger partial charge in [-0.3, -0.25) is 4.79 Å². The summed E-state index contributed by atoms with van der Waals surface area (Å²) in [6.45, 7) is 2.25. The molecule has 1 aromatic carbocycles. The van der Waals surface area contributed by atoms with Crippen molar-refractivity contribution >= 4 is 5.91 Å². The van der Waals surface area contributed by atoms with Gasteiger partial charge in [-0.05, 0) is 24.1 Å². The van der Waals surface area contributed by atoms with Crippen molar-refractivity contribution in [3.8, 4) is 0 Å². The molecule has 0 radical (unpaired) electrons. The normalized spacial score (nSPS) is 9.86. The average molecular weight is 193 g/mol. The fraction of sp³-hybridized carbons (Fsp3) is 0.300. The molecule has 0 aromatic heterocycles. The van der Waals surface area contributed by atoms with Crippen LogP contribution in [0.5, 0.6) is 0 Å². The van der Waals surface area contributed by atoms with E-state index in [2.05, 4.69) is 5.18 Å². The molecule has 4 nitrogen and oxygen atoms in total. The summed E-state index contributed by atoms with van der Waals surface area (Å²) in [5.74, 6) is -0.730. The Kier molecular flexibility index (Phi) is 3.48. The molecule has 0 saturated heterocycles. The van der Waals surface area contributed by atoms with E-state index in [4.69, 9.17) is 4.74 Å². The Balaban J connectivity index is 3.01. The fourth-order valence-corrected chi connectivity index (χ4v) is 1.27. The van der Waals surface area contributed by atoms with Gasteiger partial charge in [-0.15, -0.1) is 4.91 Å². The first kappa shape index (κ1) is 10.5. The van der Waals surface area contributed by atoms with Crippen LogP contribution in [0.15, 0.2) is 23.4 Å². The first-order chi connectivity index (χ1) is 6.69. The molecule has 1 rings (SSSR count). The zero-order chi connectivity index (χ0) is 10.6. The molecular formula is C10H11NO3. The first-order valence-electron chi connectivity index (χ1n) is 4.15. The molecule has 1 aromatic rings. The number of amides is 1. The number of carbonyl (C=O) groups is 1. The maximum Gasteiger partial charge on any atom is 0.317 e. The van der Waals surface area contributed by atoms with E-state index in [1.165, 1.54) is 0 Å². The van der Waals surface area contributed by atoms with Crippen LogP contribution in [0.1, 0.15) is 21.5 Å². The maximum absolute atomic E-state index is 11.0. The van der Waals surface area contributed by atoms with Gasteiger partial charge in [0.05, 0.1) is 6.61 Å². The summed E-state index contributed by atoms with van der Waals surface area (Å²) < 4.78 is 4.94. The van der Waals surface area contributed by atoms with Gasteiger partial charge in [-0.2, -0.15) is 0 Å². The van der Waals surface area contributed by atoms with Gasteiger partial charge in [-0.1, -0.05) is 12.1 Å². The van der Waals surface area contributed by atoms with Crippen LogP contribution in [-0.2, 0) is 11.3 Å². The van der Waals surface area contributed by atoms with Crippen molar-refractivity contribution < 1.29 is 9.53 Å². The number of aryl methyl sites for hydroxylation is 1. The highest BCUT2D eigenvalue weighted by Crippen LogP contribution is 2.12. The number of methoxy groups -OCH3 is 1. The lowest BCUT2D eigenvalue weighted by Gasteiger charge is -2.03. The summed E-state index contributed by atoms with van der Waals surface area (Å²) in [4.78, 5) is 21.0. The molecule has 0 aliphatic carbocycles. The second kappa shape index (κ2) is 4.62. The SMILES string of the molecule is COCc1ccc(C(=O)N=O)c(C)c1. The molecule has 0 atom stereocenters. The van der Waals surface area contributed by atoms with Gasteiger partial charge in [-0.25, -0.2) is 0 Å². The molecule has 74 valence electrons. The molecule has 0 aliphatic rings. The quantitative estimate of drug-likeness (QED) is 0.690. The molecule has 0 heterocycles. The molecule has 1 amide bonds. The lowest BCUT2D eigenvalue weighted by atomic mass is 10.1. The fourth-order valence-electron chi connectivity index (χ4n) is 1.27. The second-order valence-corrected chi connectivity index (χ2v) is 2.98. The molecule has 0 bridgehead atoms. The van der Waals surface area contributed by atoms with Crippen molar-refractivity contribution in [3.05, 3.63) is 39.8 Å². The smallest absolute Gasteiger partial charge is 0.317 e. The number of benzene rings is 1. The average Bonchev–Trinajstić information content (AvgIpc) is 2.17. The van der Waals surface area contributed by atoms with E-state index in [1.54, 1.807) is 26.2 Å². The van der Waals surface area contributed by atoms with Crippen LogP contribution in [0, 0.1) is 11.8 Å². The van der Waals surface area contributed by atoms with Crippen LogP contribution in [0.3, 0.4) is 0 Å². The Bertz CT molecular complexity index is 360. The maximum atomic E-state index is 11.0. The summed E-state index contributed by atoms with van der Waals surface area (Å²) in [5.41, 5.74) is 2.05. The second-order valence-electron chi connectivity index (χ2n) is 2.98. The van der Waals surface area contributed by atoms with Crippen molar-refractivity contribution in [2.24, 2.45) is 5.18 Å². The third kappa shape index (κ3) is 2.23. The zero-order valence-electron chi connectivity index (χ0n) is 8.11. The van der Waals surface area contributed by atoms with Crippen molar-refractivity contribution in [3.63, 3.8) is 0 Å². The van der Waals surface area contributed by atoms with Gasteiger partial charge in [0.25, 0.3) is 0 Å². The number of hydrogen-bond acceptors (Lipinski definition) is 3. The van der Waals surface area contributed by atoms with E-state index in [9.17, 15) is 9.70 Å². The Morgan fingerprint density at radius 2 is 2.21 bits per heavy atom.